The van der Waals surface area contributed by atoms with Gasteiger partial charge < -0.3 is 0 Å². The molecule has 148 valence electrons. The van der Waals surface area contributed by atoms with Crippen molar-refractivity contribution in [1.82, 2.24) is 19.6 Å². The Morgan fingerprint density at radius 3 is 2.45 bits per heavy atom. The van der Waals surface area contributed by atoms with E-state index in [-0.39, 0.29) is 11.0 Å². The van der Waals surface area contributed by atoms with Crippen LogP contribution in [0.4, 0.5) is 5.13 Å². The van der Waals surface area contributed by atoms with Crippen molar-refractivity contribution >= 4 is 27.9 Å². The van der Waals surface area contributed by atoms with Crippen molar-refractivity contribution < 1.29 is 0 Å². The summed E-state index contributed by atoms with van der Waals surface area (Å²) in [5, 5.41) is 5.24. The number of aromatic nitrogens is 4. The monoisotopic (exact) mass is 406 g/mol. The summed E-state index contributed by atoms with van der Waals surface area (Å²) < 4.78 is 1.36. The molecule has 0 unspecified atom stereocenters. The molecule has 29 heavy (non-hydrogen) atoms. The van der Waals surface area contributed by atoms with Gasteiger partial charge in [-0.05, 0) is 32.9 Å². The first-order valence-electron chi connectivity index (χ1n) is 9.35. The zero-order chi connectivity index (χ0) is 20.9. The maximum absolute atomic E-state index is 13.1. The molecular formula is C21H22N6OS. The highest BCUT2D eigenvalue weighted by Crippen LogP contribution is 2.30. The van der Waals surface area contributed by atoms with Gasteiger partial charge in [0.25, 0.3) is 5.56 Å². The first-order chi connectivity index (χ1) is 13.7. The summed E-state index contributed by atoms with van der Waals surface area (Å²) in [5.74, 6) is 0.427. The van der Waals surface area contributed by atoms with Crippen LogP contribution in [-0.2, 0) is 0 Å². The summed E-state index contributed by atoms with van der Waals surface area (Å²) >= 11 is 1.52. The summed E-state index contributed by atoms with van der Waals surface area (Å²) in [7, 11) is 0. The molecule has 4 rings (SSSR count). The van der Waals surface area contributed by atoms with E-state index in [9.17, 15) is 4.79 Å². The number of pyridine rings is 1. The maximum Gasteiger partial charge on any atom is 0.278 e. The molecule has 0 aliphatic carbocycles. The summed E-state index contributed by atoms with van der Waals surface area (Å²) in [6, 6.07) is 5.55. The Morgan fingerprint density at radius 2 is 1.86 bits per heavy atom. The minimum absolute atomic E-state index is 0.214. The third-order valence-corrected chi connectivity index (χ3v) is 5.73. The molecule has 0 aromatic carbocycles. The average molecular weight is 407 g/mol. The zero-order valence-corrected chi connectivity index (χ0v) is 18.1. The first-order valence-corrected chi connectivity index (χ1v) is 10.2. The molecule has 3 aromatic heterocycles. The van der Waals surface area contributed by atoms with E-state index in [1.165, 1.54) is 16.0 Å². The molecule has 0 amide bonds. The summed E-state index contributed by atoms with van der Waals surface area (Å²) in [5.41, 5.74) is 3.41. The topological polar surface area (TPSA) is 85.4 Å². The normalized spacial score (nSPS) is 15.0. The molecule has 0 saturated carbocycles. The van der Waals surface area contributed by atoms with E-state index in [1.807, 2.05) is 52.8 Å². The smallest absolute Gasteiger partial charge is 0.267 e. The number of fused-ring (bicyclic) bond motifs is 1. The van der Waals surface area contributed by atoms with Gasteiger partial charge >= 0.3 is 0 Å². The van der Waals surface area contributed by atoms with Crippen LogP contribution >= 0.6 is 11.3 Å². The number of hydrogen-bond donors (Lipinski definition) is 0. The first kappa shape index (κ1) is 19.3. The van der Waals surface area contributed by atoms with Crippen LogP contribution < -0.4 is 5.56 Å². The van der Waals surface area contributed by atoms with E-state index >= 15 is 0 Å². The molecule has 4 heterocycles. The van der Waals surface area contributed by atoms with E-state index in [0.29, 0.717) is 39.3 Å². The second-order valence-corrected chi connectivity index (χ2v) is 9.22. The van der Waals surface area contributed by atoms with Crippen molar-refractivity contribution in [3.05, 3.63) is 56.7 Å². The second kappa shape index (κ2) is 6.81. The van der Waals surface area contributed by atoms with Crippen LogP contribution in [0.3, 0.4) is 0 Å². The predicted octanol–water partition coefficient (Wildman–Crippen LogP) is 4.07. The Bertz CT molecular complexity index is 1210. The maximum atomic E-state index is 13.1. The van der Waals surface area contributed by atoms with E-state index < -0.39 is 0 Å². The van der Waals surface area contributed by atoms with Crippen LogP contribution in [-0.4, -0.2) is 31.1 Å². The Morgan fingerprint density at radius 1 is 1.10 bits per heavy atom. The van der Waals surface area contributed by atoms with Crippen LogP contribution in [0.5, 0.6) is 0 Å². The Labute approximate surface area is 172 Å². The SMILES string of the molecule is Cc1nc(N=C2C(C(C)(C)C)=Nn3c2nc(-c2ccccn2)c(C)c3=O)sc1C. The Kier molecular flexibility index (Phi) is 4.53. The lowest BCUT2D eigenvalue weighted by molar-refractivity contribution is 0.592. The average Bonchev–Trinajstić information content (AvgIpc) is 3.19. The van der Waals surface area contributed by atoms with Gasteiger partial charge in [-0.1, -0.05) is 38.2 Å². The van der Waals surface area contributed by atoms with E-state index in [4.69, 9.17) is 9.98 Å². The van der Waals surface area contributed by atoms with E-state index in [0.717, 1.165) is 10.6 Å². The van der Waals surface area contributed by atoms with Gasteiger partial charge in [0.05, 0.1) is 22.8 Å². The lowest BCUT2D eigenvalue weighted by atomic mass is 9.87. The van der Waals surface area contributed by atoms with Crippen molar-refractivity contribution in [1.29, 1.82) is 0 Å². The fraction of sp³-hybridized carbons (Fsp3) is 0.333. The molecule has 3 aromatic rings. The fourth-order valence-corrected chi connectivity index (χ4v) is 3.84. The van der Waals surface area contributed by atoms with Crippen molar-refractivity contribution in [3.63, 3.8) is 0 Å². The number of hydrogen-bond acceptors (Lipinski definition) is 7. The van der Waals surface area contributed by atoms with Crippen molar-refractivity contribution in [2.24, 2.45) is 15.5 Å². The van der Waals surface area contributed by atoms with Crippen LogP contribution in [0.15, 0.2) is 39.3 Å². The molecule has 0 saturated heterocycles. The van der Waals surface area contributed by atoms with Gasteiger partial charge in [-0.15, -0.1) is 0 Å². The molecule has 0 atom stereocenters. The highest BCUT2D eigenvalue weighted by Gasteiger charge is 2.35. The van der Waals surface area contributed by atoms with Gasteiger partial charge in [-0.2, -0.15) is 9.78 Å². The lowest BCUT2D eigenvalue weighted by Gasteiger charge is -2.17. The minimum atomic E-state index is -0.320. The largest absolute Gasteiger partial charge is 0.278 e. The predicted molar refractivity (Wildman–Crippen MR) is 117 cm³/mol. The molecule has 0 bridgehead atoms. The molecule has 0 N–H and O–H groups in total. The standard InChI is InChI=1S/C21H22N6OS/c1-11-15(14-9-7-8-10-22-14)24-18-16(25-20-23-12(2)13(3)29-20)17(21(4,5)6)26-27(18)19(11)28/h7-10H,1-6H3. The van der Waals surface area contributed by atoms with Gasteiger partial charge in [-0.25, -0.2) is 15.0 Å². The molecule has 1 aliphatic rings. The molecule has 1 aliphatic heterocycles. The van der Waals surface area contributed by atoms with Crippen LogP contribution in [0.2, 0.25) is 0 Å². The van der Waals surface area contributed by atoms with Gasteiger partial charge in [0.2, 0.25) is 5.13 Å². The lowest BCUT2D eigenvalue weighted by Crippen LogP contribution is -2.28. The molecule has 8 heteroatoms. The van der Waals surface area contributed by atoms with Crippen molar-refractivity contribution in [2.75, 3.05) is 0 Å². The highest BCUT2D eigenvalue weighted by molar-refractivity contribution is 7.15. The quantitative estimate of drug-likeness (QED) is 0.642. The Balaban J connectivity index is 1.98. The molecule has 0 radical (unpaired) electrons. The number of aryl methyl sites for hydroxylation is 2. The zero-order valence-electron chi connectivity index (χ0n) is 17.3. The van der Waals surface area contributed by atoms with Crippen molar-refractivity contribution in [3.8, 4) is 11.4 Å². The highest BCUT2D eigenvalue weighted by atomic mass is 32.1. The van der Waals surface area contributed by atoms with Gasteiger partial charge in [0, 0.05) is 22.1 Å². The second-order valence-electron chi connectivity index (χ2n) is 8.04. The fourth-order valence-electron chi connectivity index (χ4n) is 3.05. The van der Waals surface area contributed by atoms with Crippen LogP contribution in [0.25, 0.3) is 11.4 Å². The number of aliphatic imine (C=N–C) groups is 1. The van der Waals surface area contributed by atoms with Gasteiger partial charge in [0.1, 0.15) is 5.71 Å². The minimum Gasteiger partial charge on any atom is -0.267 e. The Hall–Kier alpha value is -3.00. The molecular weight excluding hydrogens is 384 g/mol. The van der Waals surface area contributed by atoms with Crippen LogP contribution in [0, 0.1) is 26.2 Å². The number of rotatable bonds is 2. The number of nitrogens with zero attached hydrogens (tertiary/aromatic N) is 6. The molecule has 7 nitrogen and oxygen atoms in total. The summed E-state index contributed by atoms with van der Waals surface area (Å²) in [6.45, 7) is 11.9. The summed E-state index contributed by atoms with van der Waals surface area (Å²) in [6.07, 6.45) is 1.69. The van der Waals surface area contributed by atoms with E-state index in [2.05, 4.69) is 15.1 Å². The third-order valence-electron chi connectivity index (χ3n) is 4.77. The number of thiazole rings is 1. The molecule has 0 fully saturated rings. The van der Waals surface area contributed by atoms with Gasteiger partial charge in [0.15, 0.2) is 5.82 Å². The van der Waals surface area contributed by atoms with Gasteiger partial charge in [-0.3, -0.25) is 9.78 Å². The van der Waals surface area contributed by atoms with Crippen LogP contribution in [0.1, 0.15) is 42.7 Å². The third kappa shape index (κ3) is 3.33. The summed E-state index contributed by atoms with van der Waals surface area (Å²) in [4.78, 5) is 32.7. The van der Waals surface area contributed by atoms with E-state index in [1.54, 1.807) is 13.1 Å². The van der Waals surface area contributed by atoms with Crippen molar-refractivity contribution in [2.45, 2.75) is 41.5 Å². The molecule has 0 spiro atoms.